The first-order chi connectivity index (χ1) is 22.5. The summed E-state index contributed by atoms with van der Waals surface area (Å²) in [7, 11) is 0. The van der Waals surface area contributed by atoms with Gasteiger partial charge in [-0.15, -0.1) is 0 Å². The van der Waals surface area contributed by atoms with Gasteiger partial charge in [-0.2, -0.15) is 0 Å². The second kappa shape index (κ2) is 13.9. The van der Waals surface area contributed by atoms with Crippen molar-refractivity contribution in [1.82, 2.24) is 25.1 Å². The van der Waals surface area contributed by atoms with Gasteiger partial charge in [0.1, 0.15) is 11.4 Å². The number of benzene rings is 1. The first-order valence-electron chi connectivity index (χ1n) is 16.9. The molecule has 0 unspecified atom stereocenters. The van der Waals surface area contributed by atoms with Crippen LogP contribution in [0.2, 0.25) is 5.02 Å². The Balaban J connectivity index is 0.895. The number of nitrogens with zero attached hydrogens (tertiary/aromatic N) is 6. The Hall–Kier alpha value is -3.62. The Bertz CT molecular complexity index is 1460. The van der Waals surface area contributed by atoms with Crippen molar-refractivity contribution in [3.63, 3.8) is 0 Å². The van der Waals surface area contributed by atoms with Crippen LogP contribution in [0, 0.1) is 12.0 Å². The molecule has 252 valence electrons. The summed E-state index contributed by atoms with van der Waals surface area (Å²) in [5, 5.41) is 3.54. The summed E-state index contributed by atoms with van der Waals surface area (Å²) in [6.45, 7) is 18.4. The fourth-order valence-corrected chi connectivity index (χ4v) is 7.58. The molecule has 1 aliphatic carbocycles. The summed E-state index contributed by atoms with van der Waals surface area (Å²) in [5.41, 5.74) is 0.739. The Morgan fingerprint density at radius 3 is 2.26 bits per heavy atom. The first-order valence-corrected chi connectivity index (χ1v) is 17.3. The van der Waals surface area contributed by atoms with E-state index in [9.17, 15) is 9.59 Å². The zero-order valence-corrected chi connectivity index (χ0v) is 28.5. The lowest BCUT2D eigenvalue weighted by atomic mass is 9.71. The minimum absolute atomic E-state index is 0.0525. The van der Waals surface area contributed by atoms with Gasteiger partial charge in [0.25, 0.3) is 5.91 Å². The second-order valence-corrected chi connectivity index (χ2v) is 15.1. The zero-order chi connectivity index (χ0) is 33.2. The van der Waals surface area contributed by atoms with E-state index in [0.717, 1.165) is 90.6 Å². The Kier molecular flexibility index (Phi) is 9.81. The van der Waals surface area contributed by atoms with E-state index in [2.05, 4.69) is 29.9 Å². The molecule has 3 saturated heterocycles. The van der Waals surface area contributed by atoms with Gasteiger partial charge in [-0.25, -0.2) is 19.6 Å². The highest BCUT2D eigenvalue weighted by atomic mass is 35.5. The third-order valence-electron chi connectivity index (χ3n) is 10.1. The highest BCUT2D eigenvalue weighted by molar-refractivity contribution is 6.33. The molecule has 12 heteroatoms. The lowest BCUT2D eigenvalue weighted by molar-refractivity contribution is 0.00417. The highest BCUT2D eigenvalue weighted by Crippen LogP contribution is 2.42. The van der Waals surface area contributed by atoms with E-state index in [1.807, 2.05) is 25.7 Å². The van der Waals surface area contributed by atoms with Gasteiger partial charge < -0.3 is 29.5 Å². The molecule has 47 heavy (non-hydrogen) atoms. The maximum Gasteiger partial charge on any atom is 0.410 e. The lowest BCUT2D eigenvalue weighted by Gasteiger charge is -2.55. The van der Waals surface area contributed by atoms with Crippen LogP contribution in [0.1, 0.15) is 82.5 Å². The number of hydrogen-bond donors (Lipinski definition) is 1. The van der Waals surface area contributed by atoms with Crippen LogP contribution in [0.25, 0.3) is 4.85 Å². The fourth-order valence-electron chi connectivity index (χ4n) is 7.36. The van der Waals surface area contributed by atoms with Gasteiger partial charge in [0, 0.05) is 56.1 Å². The lowest BCUT2D eigenvalue weighted by Crippen LogP contribution is -2.62. The predicted molar refractivity (Wildman–Crippen MR) is 180 cm³/mol. The minimum Gasteiger partial charge on any atom is -0.490 e. The van der Waals surface area contributed by atoms with E-state index in [1.165, 1.54) is 0 Å². The normalized spacial score (nSPS) is 23.5. The SMILES string of the molecule is [C-]#[N+]c1ccc(OC2CCC(NC(=O)c3cnc(N4CC5(CCN(C6CCN(C(=O)OC(C)(C)C)CC6)CC5)C4)nc3)CC2)cc1Cl. The molecule has 1 spiro atoms. The van der Waals surface area contributed by atoms with Gasteiger partial charge in [-0.1, -0.05) is 17.7 Å². The molecular formula is C35H46ClN7O4. The first kappa shape index (κ1) is 33.3. The molecule has 11 nitrogen and oxygen atoms in total. The van der Waals surface area contributed by atoms with Crippen LogP contribution in [0.4, 0.5) is 16.4 Å². The molecule has 0 atom stereocenters. The highest BCUT2D eigenvalue weighted by Gasteiger charge is 2.46. The molecule has 4 fully saturated rings. The summed E-state index contributed by atoms with van der Waals surface area (Å²) in [6.07, 6.45) is 10.7. The maximum absolute atomic E-state index is 13.0. The molecule has 1 aromatic heterocycles. The van der Waals surface area contributed by atoms with E-state index in [4.69, 9.17) is 27.6 Å². The van der Waals surface area contributed by atoms with E-state index < -0.39 is 5.60 Å². The number of rotatable bonds is 6. The van der Waals surface area contributed by atoms with Crippen LogP contribution in [0.15, 0.2) is 30.6 Å². The van der Waals surface area contributed by atoms with Gasteiger partial charge in [-0.05, 0) is 97.4 Å². The number of halogens is 1. The minimum atomic E-state index is -0.461. The van der Waals surface area contributed by atoms with Gasteiger partial charge in [0.2, 0.25) is 11.6 Å². The van der Waals surface area contributed by atoms with E-state index in [0.29, 0.717) is 39.4 Å². The molecule has 2 amide bonds. The largest absolute Gasteiger partial charge is 0.490 e. The van der Waals surface area contributed by atoms with E-state index >= 15 is 0 Å². The van der Waals surface area contributed by atoms with Crippen LogP contribution < -0.4 is 15.0 Å². The molecule has 1 saturated carbocycles. The monoisotopic (exact) mass is 663 g/mol. The van der Waals surface area contributed by atoms with Gasteiger partial charge in [0.15, 0.2) is 0 Å². The van der Waals surface area contributed by atoms with Crippen molar-refractivity contribution in [2.45, 2.75) is 95.9 Å². The van der Waals surface area contributed by atoms with Crippen molar-refractivity contribution in [2.75, 3.05) is 44.2 Å². The van der Waals surface area contributed by atoms with Gasteiger partial charge in [-0.3, -0.25) is 4.79 Å². The third kappa shape index (κ3) is 8.10. The third-order valence-corrected chi connectivity index (χ3v) is 10.4. The molecule has 0 radical (unpaired) electrons. The summed E-state index contributed by atoms with van der Waals surface area (Å²) in [4.78, 5) is 44.6. The Morgan fingerprint density at radius 2 is 1.66 bits per heavy atom. The molecule has 1 aromatic carbocycles. The summed E-state index contributed by atoms with van der Waals surface area (Å²) in [5.74, 6) is 1.21. The van der Waals surface area contributed by atoms with Crippen molar-refractivity contribution in [3.05, 3.63) is 52.6 Å². The number of anilines is 1. The summed E-state index contributed by atoms with van der Waals surface area (Å²) < 4.78 is 11.6. The van der Waals surface area contributed by atoms with Crippen molar-refractivity contribution < 1.29 is 19.1 Å². The molecule has 2 aromatic rings. The van der Waals surface area contributed by atoms with Crippen molar-refractivity contribution in [2.24, 2.45) is 5.41 Å². The van der Waals surface area contributed by atoms with E-state index in [1.54, 1.807) is 30.6 Å². The maximum atomic E-state index is 13.0. The number of amides is 2. The number of carbonyl (C=O) groups excluding carboxylic acids is 2. The zero-order valence-electron chi connectivity index (χ0n) is 27.7. The summed E-state index contributed by atoms with van der Waals surface area (Å²) >= 11 is 6.14. The number of likely N-dealkylation sites (tertiary alicyclic amines) is 2. The average Bonchev–Trinajstić information content (AvgIpc) is 3.04. The van der Waals surface area contributed by atoms with Gasteiger partial charge >= 0.3 is 6.09 Å². The van der Waals surface area contributed by atoms with Crippen LogP contribution in [0.3, 0.4) is 0 Å². The molecule has 1 N–H and O–H groups in total. The smallest absolute Gasteiger partial charge is 0.410 e. The number of ether oxygens (including phenoxy) is 2. The standard InChI is InChI=1S/C35H46ClN7O4/c1-34(2,3)47-33(45)42-15-11-26(12-16-42)41-17-13-35(14-18-41)22-43(23-35)32-38-20-24(21-39-32)31(44)40-25-5-7-27(8-6-25)46-28-9-10-30(37-4)29(36)19-28/h9-10,19-21,25-27H,5-8,11-18,22-23H2,1-3H3,(H,40,44). The van der Waals surface area contributed by atoms with Crippen molar-refractivity contribution in [1.29, 1.82) is 0 Å². The molecule has 3 aliphatic heterocycles. The number of nitrogens with one attached hydrogen (secondary N) is 1. The molecule has 0 bridgehead atoms. The number of carbonyl (C=O) groups is 2. The van der Waals surface area contributed by atoms with Crippen molar-refractivity contribution in [3.8, 4) is 5.75 Å². The topological polar surface area (TPSA) is 104 Å². The van der Waals surface area contributed by atoms with Crippen LogP contribution in [-0.4, -0.2) is 94.8 Å². The number of aromatic nitrogens is 2. The number of hydrogen-bond acceptors (Lipinski definition) is 8. The Morgan fingerprint density at radius 1 is 1.00 bits per heavy atom. The molecule has 4 heterocycles. The number of piperidine rings is 2. The molecule has 6 rings (SSSR count). The van der Waals surface area contributed by atoms with Crippen molar-refractivity contribution >= 4 is 35.2 Å². The second-order valence-electron chi connectivity index (χ2n) is 14.7. The fraction of sp³-hybridized carbons (Fsp3) is 0.629. The summed E-state index contributed by atoms with van der Waals surface area (Å²) in [6, 6.07) is 5.76. The molecular weight excluding hydrogens is 618 g/mol. The van der Waals surface area contributed by atoms with Crippen LogP contribution >= 0.6 is 11.6 Å². The van der Waals surface area contributed by atoms with Crippen LogP contribution in [0.5, 0.6) is 5.75 Å². The average molecular weight is 664 g/mol. The van der Waals surface area contributed by atoms with Crippen LogP contribution in [-0.2, 0) is 4.74 Å². The Labute approximate surface area is 282 Å². The predicted octanol–water partition coefficient (Wildman–Crippen LogP) is 6.10. The molecule has 4 aliphatic rings. The van der Waals surface area contributed by atoms with Gasteiger partial charge in [0.05, 0.1) is 23.3 Å². The van der Waals surface area contributed by atoms with E-state index in [-0.39, 0.29) is 24.1 Å². The quantitative estimate of drug-likeness (QED) is 0.370.